The Bertz CT molecular complexity index is 3950. The number of nitrogens with zero attached hydrogens (tertiary/aromatic N) is 2. The van der Waals surface area contributed by atoms with Gasteiger partial charge in [0.05, 0.1) is 11.1 Å². The van der Waals surface area contributed by atoms with Gasteiger partial charge in [-0.3, -0.25) is 0 Å². The third-order valence-corrected chi connectivity index (χ3v) is 16.6. The summed E-state index contributed by atoms with van der Waals surface area (Å²) < 4.78 is 6.54. The standard InChI is InChI=1S/C71H52N2O/c1-3-17-47(18-4-1)48-35-39-54(40-36-48)72(56-41-37-49-33-34-52-44-62-61-26-10-14-31-69(61)74-70(62)32-16-30-67(52)73(68(49)46-56)53-20-5-2-6-21-53)55-22-15-19-50(43-55)51-38-42-60-59-25-9-13-29-65(59)71(66(60)45-51)63-27-11-7-23-57(63)58-24-8-12-28-64(58)71/h1-15,17-31,35-43,45-46,52H,16,32-34,44H2. The van der Waals surface area contributed by atoms with Gasteiger partial charge < -0.3 is 14.2 Å². The molecule has 0 saturated carbocycles. The molecule has 1 spiro atoms. The Labute approximate surface area is 433 Å². The molecule has 0 fully saturated rings. The van der Waals surface area contributed by atoms with Crippen LogP contribution in [0.5, 0.6) is 0 Å². The van der Waals surface area contributed by atoms with Crippen molar-refractivity contribution < 1.29 is 4.42 Å². The van der Waals surface area contributed by atoms with E-state index in [1.165, 1.54) is 100 Å². The lowest BCUT2D eigenvalue weighted by molar-refractivity contribution is 0.507. The van der Waals surface area contributed by atoms with Gasteiger partial charge >= 0.3 is 0 Å². The topological polar surface area (TPSA) is 19.6 Å². The number of anilines is 5. The van der Waals surface area contributed by atoms with Crippen molar-refractivity contribution in [1.29, 1.82) is 0 Å². The van der Waals surface area contributed by atoms with Crippen LogP contribution in [0, 0.1) is 5.92 Å². The summed E-state index contributed by atoms with van der Waals surface area (Å²) in [6, 6.07) is 90.4. The first-order valence-corrected chi connectivity index (χ1v) is 26.4. The maximum Gasteiger partial charge on any atom is 0.134 e. The Balaban J connectivity index is 0.879. The lowest BCUT2D eigenvalue weighted by atomic mass is 9.70. The summed E-state index contributed by atoms with van der Waals surface area (Å²) in [5, 5.41) is 1.26. The average molecular weight is 949 g/mol. The van der Waals surface area contributed by atoms with Crippen molar-refractivity contribution in [3.63, 3.8) is 0 Å². The Kier molecular flexibility index (Phi) is 9.88. The molecule has 74 heavy (non-hydrogen) atoms. The van der Waals surface area contributed by atoms with Gasteiger partial charge in [-0.15, -0.1) is 0 Å². The quantitative estimate of drug-likeness (QED) is 0.166. The fourth-order valence-corrected chi connectivity index (χ4v) is 13.4. The number of hydrogen-bond donors (Lipinski definition) is 0. The summed E-state index contributed by atoms with van der Waals surface area (Å²) in [5.41, 5.74) is 25.9. The molecule has 2 heterocycles. The van der Waals surface area contributed by atoms with E-state index in [4.69, 9.17) is 4.42 Å². The lowest BCUT2D eigenvalue weighted by Gasteiger charge is -2.34. The van der Waals surface area contributed by atoms with Gasteiger partial charge in [0.15, 0.2) is 0 Å². The highest BCUT2D eigenvalue weighted by molar-refractivity contribution is 5.96. The molecule has 4 aliphatic rings. The first-order chi connectivity index (χ1) is 36.7. The van der Waals surface area contributed by atoms with E-state index < -0.39 is 5.41 Å². The molecule has 1 aliphatic heterocycles. The fraction of sp³-hybridized carbons (Fsp3) is 0.0986. The molecule has 0 bridgehead atoms. The van der Waals surface area contributed by atoms with Crippen molar-refractivity contribution in [2.75, 3.05) is 9.80 Å². The van der Waals surface area contributed by atoms with E-state index in [9.17, 15) is 0 Å². The maximum absolute atomic E-state index is 6.54. The van der Waals surface area contributed by atoms with Gasteiger partial charge in [-0.1, -0.05) is 188 Å². The third-order valence-electron chi connectivity index (χ3n) is 16.6. The second-order valence-corrected chi connectivity index (χ2v) is 20.5. The number of rotatable bonds is 6. The Morgan fingerprint density at radius 3 is 1.77 bits per heavy atom. The van der Waals surface area contributed by atoms with Crippen LogP contribution in [0.2, 0.25) is 0 Å². The highest BCUT2D eigenvalue weighted by atomic mass is 16.3. The van der Waals surface area contributed by atoms with Gasteiger partial charge in [0.25, 0.3) is 0 Å². The number of para-hydroxylation sites is 2. The fourth-order valence-electron chi connectivity index (χ4n) is 13.4. The van der Waals surface area contributed by atoms with Crippen LogP contribution < -0.4 is 9.80 Å². The minimum atomic E-state index is -0.411. The van der Waals surface area contributed by atoms with E-state index in [-0.39, 0.29) is 0 Å². The Morgan fingerprint density at radius 1 is 0.446 bits per heavy atom. The minimum absolute atomic E-state index is 0.315. The molecule has 3 heteroatoms. The second-order valence-electron chi connectivity index (χ2n) is 20.5. The van der Waals surface area contributed by atoms with Gasteiger partial charge in [-0.2, -0.15) is 0 Å². The van der Waals surface area contributed by atoms with Crippen LogP contribution in [0.15, 0.2) is 259 Å². The molecule has 3 aliphatic carbocycles. The van der Waals surface area contributed by atoms with Crippen molar-refractivity contribution in [3.8, 4) is 44.5 Å². The summed E-state index contributed by atoms with van der Waals surface area (Å²) in [6.45, 7) is 0. The van der Waals surface area contributed by atoms with Gasteiger partial charge in [-0.05, 0) is 159 Å². The molecule has 3 nitrogen and oxygen atoms in total. The zero-order valence-corrected chi connectivity index (χ0v) is 41.1. The summed E-state index contributed by atoms with van der Waals surface area (Å²) in [5.74, 6) is 1.46. The number of hydrogen-bond acceptors (Lipinski definition) is 3. The van der Waals surface area contributed by atoms with Crippen molar-refractivity contribution in [1.82, 2.24) is 0 Å². The molecule has 0 amide bonds. The maximum atomic E-state index is 6.54. The first kappa shape index (κ1) is 42.7. The number of aryl methyl sites for hydroxylation is 2. The summed E-state index contributed by atoms with van der Waals surface area (Å²) in [7, 11) is 0. The number of furan rings is 1. The Hall–Kier alpha value is -8.92. The van der Waals surface area contributed by atoms with Crippen LogP contribution in [-0.2, 0) is 24.7 Å². The van der Waals surface area contributed by atoms with Gasteiger partial charge in [-0.25, -0.2) is 0 Å². The highest BCUT2D eigenvalue weighted by Gasteiger charge is 2.51. The van der Waals surface area contributed by atoms with E-state index in [1.807, 2.05) is 0 Å². The first-order valence-electron chi connectivity index (χ1n) is 26.4. The molecule has 352 valence electrons. The van der Waals surface area contributed by atoms with E-state index in [2.05, 4.69) is 259 Å². The largest absolute Gasteiger partial charge is 0.461 e. The van der Waals surface area contributed by atoms with Crippen LogP contribution in [0.25, 0.3) is 55.5 Å². The predicted molar refractivity (Wildman–Crippen MR) is 305 cm³/mol. The summed E-state index contributed by atoms with van der Waals surface area (Å²) >= 11 is 0. The normalized spacial score (nSPS) is 15.6. The minimum Gasteiger partial charge on any atom is -0.461 e. The second kappa shape index (κ2) is 17.1. The molecule has 1 unspecified atom stereocenters. The molecule has 0 saturated heterocycles. The van der Waals surface area contributed by atoms with Crippen molar-refractivity contribution in [2.24, 2.45) is 5.92 Å². The lowest BCUT2D eigenvalue weighted by Crippen LogP contribution is -2.25. The average Bonchev–Trinajstić information content (AvgIpc) is 4.06. The van der Waals surface area contributed by atoms with Crippen LogP contribution in [0.1, 0.15) is 52.0 Å². The highest BCUT2D eigenvalue weighted by Crippen LogP contribution is 2.63. The van der Waals surface area contributed by atoms with Crippen molar-refractivity contribution >= 4 is 39.4 Å². The molecule has 15 rings (SSSR count). The van der Waals surface area contributed by atoms with E-state index in [1.54, 1.807) is 0 Å². The van der Waals surface area contributed by atoms with Gasteiger partial charge in [0.2, 0.25) is 0 Å². The summed E-state index contributed by atoms with van der Waals surface area (Å²) in [6.07, 6.45) is 7.30. The number of fused-ring (bicyclic) bond motifs is 15. The SMILES string of the molecule is C1=C2C(CCc3ccc(N(c4ccc(-c5ccccc5)cc4)c4cccc(-c5ccc6c(c5)C5(c7ccccc7-c7ccccc75)c5ccccc5-6)c4)cc3N2c2ccccc2)Cc2c(oc3ccccc23)CC1. The third kappa shape index (κ3) is 6.59. The zero-order valence-electron chi connectivity index (χ0n) is 41.1. The molecule has 1 atom stereocenters. The molecule has 11 aromatic rings. The van der Waals surface area contributed by atoms with E-state index in [0.29, 0.717) is 5.92 Å². The van der Waals surface area contributed by atoms with Crippen LogP contribution >= 0.6 is 0 Å². The monoisotopic (exact) mass is 948 g/mol. The van der Waals surface area contributed by atoms with E-state index in [0.717, 1.165) is 60.5 Å². The van der Waals surface area contributed by atoms with Crippen molar-refractivity contribution in [3.05, 3.63) is 294 Å². The number of allylic oxidation sites excluding steroid dienone is 2. The van der Waals surface area contributed by atoms with Crippen molar-refractivity contribution in [2.45, 2.75) is 37.5 Å². The molecular weight excluding hydrogens is 897 g/mol. The molecule has 0 N–H and O–H groups in total. The smallest absolute Gasteiger partial charge is 0.134 e. The van der Waals surface area contributed by atoms with Crippen LogP contribution in [0.3, 0.4) is 0 Å². The van der Waals surface area contributed by atoms with Gasteiger partial charge in [0, 0.05) is 51.7 Å². The molecule has 0 radical (unpaired) electrons. The molecular formula is C71H52N2O. The number of benzene rings is 10. The van der Waals surface area contributed by atoms with Gasteiger partial charge in [0.1, 0.15) is 11.3 Å². The Morgan fingerprint density at radius 2 is 1.03 bits per heavy atom. The van der Waals surface area contributed by atoms with Crippen LogP contribution in [0.4, 0.5) is 28.4 Å². The molecule has 10 aromatic carbocycles. The zero-order chi connectivity index (χ0) is 48.7. The van der Waals surface area contributed by atoms with Crippen LogP contribution in [-0.4, -0.2) is 0 Å². The van der Waals surface area contributed by atoms with E-state index >= 15 is 0 Å². The molecule has 1 aromatic heterocycles. The summed E-state index contributed by atoms with van der Waals surface area (Å²) in [4.78, 5) is 5.06. The predicted octanol–water partition coefficient (Wildman–Crippen LogP) is 18.4.